The molecule has 7 nitrogen and oxygen atoms in total. The molecule has 1 aliphatic heterocycles. The van der Waals surface area contributed by atoms with E-state index in [2.05, 4.69) is 26.3 Å². The Kier molecular flexibility index (Phi) is 5.80. The van der Waals surface area contributed by atoms with E-state index in [9.17, 15) is 10.1 Å². The maximum absolute atomic E-state index is 10.9. The van der Waals surface area contributed by atoms with Crippen LogP contribution in [0.1, 0.15) is 23.5 Å². The number of H-pyrrole nitrogens is 1. The summed E-state index contributed by atoms with van der Waals surface area (Å²) in [6.07, 6.45) is 3.70. The Bertz CT molecular complexity index is 1260. The third kappa shape index (κ3) is 4.33. The molecule has 2 atom stereocenters. The number of rotatable bonds is 6. The normalized spacial score (nSPS) is 17.7. The van der Waals surface area contributed by atoms with Crippen LogP contribution in [0, 0.1) is 10.1 Å². The van der Waals surface area contributed by atoms with Gasteiger partial charge in [0.2, 0.25) is 0 Å². The minimum absolute atomic E-state index is 0.0735. The molecule has 2 aromatic carbocycles. The Morgan fingerprint density at radius 2 is 1.70 bits per heavy atom. The first-order valence-corrected chi connectivity index (χ1v) is 11.5. The Hall–Kier alpha value is -3.69. The molecule has 0 aliphatic carbocycles. The van der Waals surface area contributed by atoms with Crippen molar-refractivity contribution in [2.75, 3.05) is 4.90 Å². The number of thiocarbonyl (C=S) groups is 1. The van der Waals surface area contributed by atoms with Gasteiger partial charge in [0.15, 0.2) is 5.11 Å². The van der Waals surface area contributed by atoms with Crippen molar-refractivity contribution >= 4 is 40.5 Å². The van der Waals surface area contributed by atoms with Crippen LogP contribution in [-0.2, 0) is 0 Å². The molecule has 2 N–H and O–H groups in total. The second-order valence-corrected chi connectivity index (χ2v) is 9.00. The van der Waals surface area contributed by atoms with Crippen molar-refractivity contribution in [3.05, 3.63) is 113 Å². The van der Waals surface area contributed by atoms with Gasteiger partial charge < -0.3 is 15.2 Å². The molecule has 4 aromatic rings. The van der Waals surface area contributed by atoms with E-state index in [-0.39, 0.29) is 17.8 Å². The topological polar surface area (TPSA) is 87.1 Å². The number of non-ortho nitro benzene ring substituents is 1. The quantitative estimate of drug-likeness (QED) is 0.213. The number of hydrogen-bond acceptors (Lipinski definition) is 5. The molecule has 2 aromatic heterocycles. The van der Waals surface area contributed by atoms with Gasteiger partial charge in [-0.25, -0.2) is 0 Å². The lowest BCUT2D eigenvalue weighted by Crippen LogP contribution is -2.29. The zero-order valence-electron chi connectivity index (χ0n) is 17.3. The largest absolute Gasteiger partial charge is 0.363 e. The van der Waals surface area contributed by atoms with Crippen LogP contribution < -0.4 is 10.2 Å². The molecule has 33 heavy (non-hydrogen) atoms. The van der Waals surface area contributed by atoms with Gasteiger partial charge >= 0.3 is 0 Å². The van der Waals surface area contributed by atoms with Gasteiger partial charge in [0.1, 0.15) is 6.04 Å². The fraction of sp³-hybridized carbons (Fsp3) is 0.0833. The van der Waals surface area contributed by atoms with Gasteiger partial charge in [-0.15, -0.1) is 0 Å². The molecule has 1 fully saturated rings. The summed E-state index contributed by atoms with van der Waals surface area (Å²) in [6.45, 7) is 0. The highest BCUT2D eigenvalue weighted by Crippen LogP contribution is 2.41. The first-order valence-electron chi connectivity index (χ1n) is 10.3. The number of aromatic amines is 1. The molecule has 9 heteroatoms. The number of benzene rings is 2. The van der Waals surface area contributed by atoms with Crippen molar-refractivity contribution in [3.63, 3.8) is 0 Å². The van der Waals surface area contributed by atoms with Gasteiger partial charge in [-0.1, -0.05) is 17.8 Å². The van der Waals surface area contributed by atoms with E-state index >= 15 is 0 Å². The van der Waals surface area contributed by atoms with Crippen molar-refractivity contribution in [3.8, 4) is 0 Å². The minimum Gasteiger partial charge on any atom is -0.363 e. The summed E-state index contributed by atoms with van der Waals surface area (Å²) in [4.78, 5) is 22.4. The molecular formula is C24H19N5O2S2. The van der Waals surface area contributed by atoms with Crippen LogP contribution >= 0.6 is 24.0 Å². The highest BCUT2D eigenvalue weighted by Gasteiger charge is 2.41. The van der Waals surface area contributed by atoms with Crippen LogP contribution in [0.2, 0.25) is 0 Å². The summed E-state index contributed by atoms with van der Waals surface area (Å²) >= 11 is 7.28. The maximum atomic E-state index is 10.9. The molecular weight excluding hydrogens is 454 g/mol. The van der Waals surface area contributed by atoms with E-state index in [1.54, 1.807) is 30.1 Å². The number of nitro benzene ring substituents is 1. The average Bonchev–Trinajstić information content (AvgIpc) is 3.48. The number of hydrogen-bond donors (Lipinski definition) is 2. The van der Waals surface area contributed by atoms with Crippen molar-refractivity contribution in [2.24, 2.45) is 0 Å². The highest BCUT2D eigenvalue weighted by molar-refractivity contribution is 7.99. The van der Waals surface area contributed by atoms with Crippen molar-refractivity contribution in [1.82, 2.24) is 15.3 Å². The number of nitro groups is 1. The number of pyridine rings is 1. The van der Waals surface area contributed by atoms with Gasteiger partial charge in [-0.3, -0.25) is 15.1 Å². The Labute approximate surface area is 200 Å². The lowest BCUT2D eigenvalue weighted by atomic mass is 10.0. The Balaban J connectivity index is 1.41. The summed E-state index contributed by atoms with van der Waals surface area (Å²) in [6, 6.07) is 24.5. The van der Waals surface area contributed by atoms with Gasteiger partial charge in [-0.05, 0) is 72.9 Å². The maximum Gasteiger partial charge on any atom is 0.269 e. The third-order valence-corrected chi connectivity index (χ3v) is 6.77. The van der Waals surface area contributed by atoms with Crippen LogP contribution in [0.3, 0.4) is 0 Å². The monoisotopic (exact) mass is 473 g/mol. The fourth-order valence-corrected chi connectivity index (χ4v) is 5.09. The van der Waals surface area contributed by atoms with Gasteiger partial charge in [0, 0.05) is 45.7 Å². The van der Waals surface area contributed by atoms with E-state index in [1.165, 1.54) is 12.1 Å². The molecule has 1 aliphatic rings. The van der Waals surface area contributed by atoms with Gasteiger partial charge in [0.25, 0.3) is 5.69 Å². The molecule has 0 saturated carbocycles. The zero-order chi connectivity index (χ0) is 22.8. The van der Waals surface area contributed by atoms with E-state index in [0.29, 0.717) is 5.11 Å². The molecule has 0 amide bonds. The molecule has 0 unspecified atom stereocenters. The van der Waals surface area contributed by atoms with Crippen LogP contribution in [0.5, 0.6) is 0 Å². The summed E-state index contributed by atoms with van der Waals surface area (Å²) in [5, 5.41) is 14.9. The standard InChI is InChI=1S/C24H19N5O2S2/c30-29(31)17-8-12-19(13-9-17)33-18-10-6-16(7-11-18)28-23(21-5-3-15-26-21)22(27-24(28)32)20-4-1-2-14-25-20/h1-15,22-23,26H,(H,27,32)/t22-,23-/m0/s1. The van der Waals surface area contributed by atoms with Crippen molar-refractivity contribution in [2.45, 2.75) is 21.9 Å². The summed E-state index contributed by atoms with van der Waals surface area (Å²) in [5.74, 6) is 0. The predicted molar refractivity (Wildman–Crippen MR) is 132 cm³/mol. The number of anilines is 1. The molecule has 3 heterocycles. The van der Waals surface area contributed by atoms with E-state index in [0.717, 1.165) is 26.9 Å². The van der Waals surface area contributed by atoms with Crippen LogP contribution in [-0.4, -0.2) is 20.0 Å². The minimum atomic E-state index is -0.394. The first kappa shape index (κ1) is 21.2. The summed E-state index contributed by atoms with van der Waals surface area (Å²) < 4.78 is 0. The molecule has 164 valence electrons. The Morgan fingerprint density at radius 3 is 2.30 bits per heavy atom. The smallest absolute Gasteiger partial charge is 0.269 e. The SMILES string of the molecule is O=[N+]([O-])c1ccc(Sc2ccc(N3C(=S)N[C@@H](c4ccccn4)[C@@H]3c3ccc[nH]3)cc2)cc1. The van der Waals surface area contributed by atoms with Crippen LogP contribution in [0.15, 0.2) is 101 Å². The Morgan fingerprint density at radius 1 is 0.970 bits per heavy atom. The fourth-order valence-electron chi connectivity index (χ4n) is 3.92. The van der Waals surface area contributed by atoms with Crippen LogP contribution in [0.25, 0.3) is 0 Å². The summed E-state index contributed by atoms with van der Waals surface area (Å²) in [5.41, 5.74) is 3.02. The molecule has 5 rings (SSSR count). The second kappa shape index (κ2) is 9.05. The van der Waals surface area contributed by atoms with Crippen LogP contribution in [0.4, 0.5) is 11.4 Å². The number of nitrogens with one attached hydrogen (secondary N) is 2. The molecule has 0 bridgehead atoms. The molecule has 0 spiro atoms. The number of nitrogens with zero attached hydrogens (tertiary/aromatic N) is 3. The first-order chi connectivity index (χ1) is 16.1. The molecule has 0 radical (unpaired) electrons. The second-order valence-electron chi connectivity index (χ2n) is 7.47. The lowest BCUT2D eigenvalue weighted by molar-refractivity contribution is -0.384. The van der Waals surface area contributed by atoms with Gasteiger partial charge in [0.05, 0.1) is 16.7 Å². The highest BCUT2D eigenvalue weighted by atomic mass is 32.2. The van der Waals surface area contributed by atoms with Gasteiger partial charge in [-0.2, -0.15) is 0 Å². The van der Waals surface area contributed by atoms with E-state index in [4.69, 9.17) is 12.2 Å². The predicted octanol–water partition coefficient (Wildman–Crippen LogP) is 5.65. The zero-order valence-corrected chi connectivity index (χ0v) is 18.9. The third-order valence-electron chi connectivity index (χ3n) is 5.44. The van der Waals surface area contributed by atoms with Crippen molar-refractivity contribution < 1.29 is 4.92 Å². The summed E-state index contributed by atoms with van der Waals surface area (Å²) in [7, 11) is 0. The lowest BCUT2D eigenvalue weighted by Gasteiger charge is -2.27. The van der Waals surface area contributed by atoms with Crippen molar-refractivity contribution in [1.29, 1.82) is 0 Å². The van der Waals surface area contributed by atoms with E-state index < -0.39 is 4.92 Å². The average molecular weight is 474 g/mol. The van der Waals surface area contributed by atoms with E-state index in [1.807, 2.05) is 54.7 Å². The molecule has 1 saturated heterocycles. The number of aromatic nitrogens is 2.